The van der Waals surface area contributed by atoms with Crippen LogP contribution < -0.4 is 5.32 Å². The van der Waals surface area contributed by atoms with Crippen LogP contribution in [0.15, 0.2) is 29.2 Å². The molecule has 1 N–H and O–H groups in total. The van der Waals surface area contributed by atoms with Gasteiger partial charge < -0.3 is 10.1 Å². The first-order valence-electron chi connectivity index (χ1n) is 4.81. The van der Waals surface area contributed by atoms with Gasteiger partial charge in [0.15, 0.2) is 0 Å². The third-order valence-electron chi connectivity index (χ3n) is 2.04. The normalized spacial score (nSPS) is 12.7. The van der Waals surface area contributed by atoms with Gasteiger partial charge >= 0.3 is 0 Å². The Bertz CT molecular complexity index is 278. The van der Waals surface area contributed by atoms with E-state index in [0.717, 1.165) is 10.6 Å². The molecule has 0 saturated heterocycles. The van der Waals surface area contributed by atoms with Crippen LogP contribution in [0.25, 0.3) is 0 Å². The summed E-state index contributed by atoms with van der Waals surface area (Å²) in [5, 5.41) is 3.16. The zero-order chi connectivity index (χ0) is 11.1. The van der Waals surface area contributed by atoms with Crippen LogP contribution in [0.5, 0.6) is 0 Å². The zero-order valence-electron chi connectivity index (χ0n) is 9.00. The molecule has 0 bridgehead atoms. The van der Waals surface area contributed by atoms with Crippen molar-refractivity contribution in [2.24, 2.45) is 0 Å². The first kappa shape index (κ1) is 12.5. The van der Waals surface area contributed by atoms with Crippen LogP contribution in [0.1, 0.15) is 0 Å². The van der Waals surface area contributed by atoms with E-state index in [2.05, 4.69) is 5.32 Å². The summed E-state index contributed by atoms with van der Waals surface area (Å²) in [6.07, 6.45) is 0. The topological polar surface area (TPSA) is 21.3 Å². The Kier molecular flexibility index (Phi) is 5.68. The molecule has 0 amide bonds. The van der Waals surface area contributed by atoms with Crippen molar-refractivity contribution >= 4 is 11.8 Å². The molecule has 1 aromatic rings. The lowest BCUT2D eigenvalue weighted by Gasteiger charge is -2.14. The first-order chi connectivity index (χ1) is 7.26. The number of thioether (sulfide) groups is 1. The molecule has 0 saturated carbocycles. The van der Waals surface area contributed by atoms with Crippen molar-refractivity contribution in [1.82, 2.24) is 5.32 Å². The molecule has 1 unspecified atom stereocenters. The van der Waals surface area contributed by atoms with Crippen LogP contribution in [0.3, 0.4) is 0 Å². The molecule has 0 spiro atoms. The van der Waals surface area contributed by atoms with Gasteiger partial charge in [-0.25, -0.2) is 4.39 Å². The average molecular weight is 229 g/mol. The van der Waals surface area contributed by atoms with Gasteiger partial charge in [0.25, 0.3) is 0 Å². The van der Waals surface area contributed by atoms with E-state index in [-0.39, 0.29) is 5.82 Å². The molecular formula is C11H16FNOS. The van der Waals surface area contributed by atoms with Gasteiger partial charge in [-0.15, -0.1) is 11.8 Å². The molecule has 84 valence electrons. The number of nitrogens with one attached hydrogen (secondary N) is 1. The smallest absolute Gasteiger partial charge is 0.123 e. The van der Waals surface area contributed by atoms with Crippen molar-refractivity contribution in [2.75, 3.05) is 26.5 Å². The minimum Gasteiger partial charge on any atom is -0.383 e. The summed E-state index contributed by atoms with van der Waals surface area (Å²) in [5.74, 6) is 0.720. The summed E-state index contributed by atoms with van der Waals surface area (Å²) < 4.78 is 17.7. The average Bonchev–Trinajstić information content (AvgIpc) is 2.26. The number of hydrogen-bond donors (Lipinski definition) is 1. The van der Waals surface area contributed by atoms with Crippen LogP contribution in [0, 0.1) is 5.82 Å². The number of likely N-dealkylation sites (N-methyl/N-ethyl adjacent to an activating group) is 1. The molecule has 1 atom stereocenters. The van der Waals surface area contributed by atoms with Gasteiger partial charge in [-0.05, 0) is 31.3 Å². The Morgan fingerprint density at radius 1 is 1.40 bits per heavy atom. The van der Waals surface area contributed by atoms with Crippen LogP contribution in [-0.4, -0.2) is 32.6 Å². The van der Waals surface area contributed by atoms with Gasteiger partial charge in [0.05, 0.1) is 6.61 Å². The molecule has 0 radical (unpaired) electrons. The zero-order valence-corrected chi connectivity index (χ0v) is 9.81. The van der Waals surface area contributed by atoms with Gasteiger partial charge in [0.2, 0.25) is 0 Å². The lowest BCUT2D eigenvalue weighted by atomic mass is 10.3. The Labute approximate surface area is 94.2 Å². The molecule has 1 rings (SSSR count). The highest BCUT2D eigenvalue weighted by Crippen LogP contribution is 2.18. The van der Waals surface area contributed by atoms with Crippen LogP contribution in [0.2, 0.25) is 0 Å². The molecule has 0 fully saturated rings. The molecular weight excluding hydrogens is 213 g/mol. The van der Waals surface area contributed by atoms with Crippen molar-refractivity contribution in [2.45, 2.75) is 10.9 Å². The van der Waals surface area contributed by atoms with E-state index in [9.17, 15) is 4.39 Å². The number of rotatable bonds is 6. The van der Waals surface area contributed by atoms with E-state index in [0.29, 0.717) is 12.6 Å². The van der Waals surface area contributed by atoms with E-state index < -0.39 is 0 Å². The summed E-state index contributed by atoms with van der Waals surface area (Å²) in [5.41, 5.74) is 0. The summed E-state index contributed by atoms with van der Waals surface area (Å²) in [7, 11) is 3.60. The fourth-order valence-corrected chi connectivity index (χ4v) is 2.13. The highest BCUT2D eigenvalue weighted by Gasteiger charge is 2.05. The lowest BCUT2D eigenvalue weighted by molar-refractivity contribution is 0.177. The Morgan fingerprint density at radius 3 is 2.60 bits per heavy atom. The van der Waals surface area contributed by atoms with E-state index in [1.807, 2.05) is 7.05 Å². The fourth-order valence-electron chi connectivity index (χ4n) is 1.14. The second kappa shape index (κ2) is 6.82. The van der Waals surface area contributed by atoms with Gasteiger partial charge in [-0.2, -0.15) is 0 Å². The Hall–Kier alpha value is -0.580. The number of ether oxygens (including phenoxy) is 1. The fraction of sp³-hybridized carbons (Fsp3) is 0.455. The standard InChI is InChI=1S/C11H16FNOS/c1-13-10(7-14-2)8-15-11-5-3-9(12)4-6-11/h3-6,10,13H,7-8H2,1-2H3. The molecule has 0 aliphatic carbocycles. The molecule has 4 heteroatoms. The maximum Gasteiger partial charge on any atom is 0.123 e. The van der Waals surface area contributed by atoms with Crippen LogP contribution >= 0.6 is 11.8 Å². The quantitative estimate of drug-likeness (QED) is 0.755. The molecule has 0 aromatic heterocycles. The molecule has 2 nitrogen and oxygen atoms in total. The van der Waals surface area contributed by atoms with Crippen LogP contribution in [-0.2, 0) is 4.74 Å². The SMILES string of the molecule is CNC(COC)CSc1ccc(F)cc1. The highest BCUT2D eigenvalue weighted by molar-refractivity contribution is 7.99. The maximum absolute atomic E-state index is 12.6. The molecule has 0 heterocycles. The second-order valence-electron chi connectivity index (χ2n) is 3.21. The molecule has 0 aliphatic rings. The van der Waals surface area contributed by atoms with E-state index >= 15 is 0 Å². The van der Waals surface area contributed by atoms with Crippen molar-refractivity contribution < 1.29 is 9.13 Å². The third kappa shape index (κ3) is 4.64. The minimum absolute atomic E-state index is 0.193. The van der Waals surface area contributed by atoms with E-state index in [4.69, 9.17) is 4.74 Å². The Morgan fingerprint density at radius 2 is 2.07 bits per heavy atom. The summed E-state index contributed by atoms with van der Waals surface area (Å²) in [4.78, 5) is 1.08. The summed E-state index contributed by atoms with van der Waals surface area (Å²) in [6, 6.07) is 6.86. The minimum atomic E-state index is -0.193. The second-order valence-corrected chi connectivity index (χ2v) is 4.30. The van der Waals surface area contributed by atoms with E-state index in [1.54, 1.807) is 31.0 Å². The number of benzene rings is 1. The summed E-state index contributed by atoms with van der Waals surface area (Å²) in [6.45, 7) is 0.685. The van der Waals surface area contributed by atoms with Crippen molar-refractivity contribution in [3.05, 3.63) is 30.1 Å². The Balaban J connectivity index is 2.38. The van der Waals surface area contributed by atoms with Gasteiger partial charge in [-0.3, -0.25) is 0 Å². The van der Waals surface area contributed by atoms with Crippen LogP contribution in [0.4, 0.5) is 4.39 Å². The van der Waals surface area contributed by atoms with Gasteiger partial charge in [0, 0.05) is 23.8 Å². The maximum atomic E-state index is 12.6. The monoisotopic (exact) mass is 229 g/mol. The lowest BCUT2D eigenvalue weighted by Crippen LogP contribution is -2.32. The van der Waals surface area contributed by atoms with Crippen molar-refractivity contribution in [3.8, 4) is 0 Å². The van der Waals surface area contributed by atoms with E-state index in [1.165, 1.54) is 12.1 Å². The predicted octanol–water partition coefficient (Wildman–Crippen LogP) is 2.15. The molecule has 0 aliphatic heterocycles. The first-order valence-corrected chi connectivity index (χ1v) is 5.79. The molecule has 1 aromatic carbocycles. The predicted molar refractivity (Wildman–Crippen MR) is 61.8 cm³/mol. The number of methoxy groups -OCH3 is 1. The highest BCUT2D eigenvalue weighted by atomic mass is 32.2. The molecule has 15 heavy (non-hydrogen) atoms. The number of halogens is 1. The third-order valence-corrected chi connectivity index (χ3v) is 3.22. The van der Waals surface area contributed by atoms with Gasteiger partial charge in [0.1, 0.15) is 5.82 Å². The largest absolute Gasteiger partial charge is 0.383 e. The summed E-state index contributed by atoms with van der Waals surface area (Å²) >= 11 is 1.69. The number of hydrogen-bond acceptors (Lipinski definition) is 3. The van der Waals surface area contributed by atoms with Crippen molar-refractivity contribution in [3.63, 3.8) is 0 Å². The van der Waals surface area contributed by atoms with Crippen molar-refractivity contribution in [1.29, 1.82) is 0 Å². The van der Waals surface area contributed by atoms with Gasteiger partial charge in [-0.1, -0.05) is 0 Å².